The molecule has 154 valence electrons. The number of fused-ring (bicyclic) bond motifs is 3. The SMILES string of the molecule is CCC1(C)C(C)C(c2nc3c(oc4ccc(Br)cc43)c(=O)[nH]2)N(C(=O)O)C1(C)C. The van der Waals surface area contributed by atoms with Crippen LogP contribution in [0.1, 0.15) is 52.9 Å². The number of rotatable bonds is 2. The number of halogens is 1. The smallest absolute Gasteiger partial charge is 0.408 e. The average Bonchev–Trinajstić information content (AvgIpc) is 3.09. The standard InChI is InChI=1S/C21H24BrN3O4/c1-6-21(5)10(2)15(25(19(27)28)20(21,3)4)17-23-14-12-9-11(22)7-8-13(12)29-16(14)18(26)24-17/h7-10,15H,6H2,1-5H3,(H,27,28)(H,23,24,26). The van der Waals surface area contributed by atoms with Crippen LogP contribution < -0.4 is 5.56 Å². The molecule has 3 unspecified atom stereocenters. The van der Waals surface area contributed by atoms with E-state index in [1.807, 2.05) is 32.9 Å². The molecule has 3 heterocycles. The molecule has 0 bridgehead atoms. The molecule has 3 aromatic rings. The number of furan rings is 1. The van der Waals surface area contributed by atoms with E-state index >= 15 is 0 Å². The molecule has 2 N–H and O–H groups in total. The first kappa shape index (κ1) is 19.9. The lowest BCUT2D eigenvalue weighted by molar-refractivity contribution is 0.0537. The quantitative estimate of drug-likeness (QED) is 0.539. The van der Waals surface area contributed by atoms with E-state index in [4.69, 9.17) is 9.40 Å². The van der Waals surface area contributed by atoms with Crippen LogP contribution in [0.4, 0.5) is 4.79 Å². The molecule has 4 rings (SSSR count). The molecular formula is C21H24BrN3O4. The fourth-order valence-corrected chi connectivity index (χ4v) is 5.37. The van der Waals surface area contributed by atoms with Gasteiger partial charge >= 0.3 is 6.09 Å². The molecule has 1 saturated heterocycles. The van der Waals surface area contributed by atoms with Crippen molar-refractivity contribution in [1.29, 1.82) is 0 Å². The second-order valence-electron chi connectivity index (χ2n) is 8.59. The molecule has 1 fully saturated rings. The van der Waals surface area contributed by atoms with E-state index in [2.05, 4.69) is 34.8 Å². The summed E-state index contributed by atoms with van der Waals surface area (Å²) in [7, 11) is 0. The first-order valence-electron chi connectivity index (χ1n) is 9.67. The number of hydrogen-bond acceptors (Lipinski definition) is 4. The summed E-state index contributed by atoms with van der Waals surface area (Å²) in [6.45, 7) is 10.1. The van der Waals surface area contributed by atoms with Gasteiger partial charge in [0.2, 0.25) is 5.58 Å². The molecule has 0 radical (unpaired) electrons. The van der Waals surface area contributed by atoms with Crippen LogP contribution in [0.25, 0.3) is 22.1 Å². The summed E-state index contributed by atoms with van der Waals surface area (Å²) in [5.41, 5.74) is -0.172. The van der Waals surface area contributed by atoms with Crippen molar-refractivity contribution in [2.45, 2.75) is 52.6 Å². The van der Waals surface area contributed by atoms with Crippen LogP contribution in [0.3, 0.4) is 0 Å². The van der Waals surface area contributed by atoms with Crippen molar-refractivity contribution in [3.8, 4) is 0 Å². The second kappa shape index (κ2) is 6.32. The largest absolute Gasteiger partial charge is 0.465 e. The zero-order valence-electron chi connectivity index (χ0n) is 17.0. The maximum atomic E-state index is 12.8. The molecule has 1 aromatic carbocycles. The lowest BCUT2D eigenvalue weighted by Crippen LogP contribution is -2.50. The Labute approximate surface area is 176 Å². The van der Waals surface area contributed by atoms with Crippen molar-refractivity contribution < 1.29 is 14.3 Å². The molecule has 0 spiro atoms. The fraction of sp³-hybridized carbons (Fsp3) is 0.476. The molecular weight excluding hydrogens is 438 g/mol. The van der Waals surface area contributed by atoms with Crippen LogP contribution >= 0.6 is 15.9 Å². The van der Waals surface area contributed by atoms with Crippen LogP contribution in [0.2, 0.25) is 0 Å². The van der Waals surface area contributed by atoms with Crippen LogP contribution in [0.5, 0.6) is 0 Å². The van der Waals surface area contributed by atoms with Gasteiger partial charge in [0.05, 0.1) is 6.04 Å². The number of H-pyrrole nitrogens is 1. The number of hydrogen-bond donors (Lipinski definition) is 2. The summed E-state index contributed by atoms with van der Waals surface area (Å²) in [6, 6.07) is 4.89. The van der Waals surface area contributed by atoms with Gasteiger partial charge in [-0.1, -0.05) is 36.7 Å². The van der Waals surface area contributed by atoms with E-state index in [9.17, 15) is 14.7 Å². The summed E-state index contributed by atoms with van der Waals surface area (Å²) in [4.78, 5) is 34.1. The van der Waals surface area contributed by atoms with Crippen molar-refractivity contribution in [3.05, 3.63) is 38.9 Å². The number of aromatic amines is 1. The third-order valence-corrected chi connectivity index (χ3v) is 7.77. The Bertz CT molecular complexity index is 1200. The van der Waals surface area contributed by atoms with Crippen molar-refractivity contribution in [1.82, 2.24) is 14.9 Å². The Hall–Kier alpha value is -2.35. The zero-order valence-corrected chi connectivity index (χ0v) is 18.6. The summed E-state index contributed by atoms with van der Waals surface area (Å²) < 4.78 is 6.55. The van der Waals surface area contributed by atoms with E-state index in [-0.39, 0.29) is 16.9 Å². The van der Waals surface area contributed by atoms with Gasteiger partial charge in [-0.05, 0) is 49.8 Å². The molecule has 29 heavy (non-hydrogen) atoms. The van der Waals surface area contributed by atoms with Gasteiger partial charge in [-0.3, -0.25) is 9.69 Å². The summed E-state index contributed by atoms with van der Waals surface area (Å²) in [5, 5.41) is 10.8. The van der Waals surface area contributed by atoms with Gasteiger partial charge in [0.25, 0.3) is 5.56 Å². The Balaban J connectivity index is 2.00. The number of likely N-dealkylation sites (tertiary alicyclic amines) is 1. The molecule has 1 amide bonds. The third-order valence-electron chi connectivity index (χ3n) is 7.28. The van der Waals surface area contributed by atoms with Crippen LogP contribution in [-0.4, -0.2) is 31.6 Å². The van der Waals surface area contributed by atoms with E-state index < -0.39 is 23.2 Å². The Morgan fingerprint density at radius 3 is 2.69 bits per heavy atom. The van der Waals surface area contributed by atoms with E-state index in [0.717, 1.165) is 10.9 Å². The number of carbonyl (C=O) groups is 1. The molecule has 1 aliphatic rings. The molecule has 0 aliphatic carbocycles. The van der Waals surface area contributed by atoms with Crippen LogP contribution in [0.15, 0.2) is 31.9 Å². The normalized spacial score (nSPS) is 26.5. The maximum Gasteiger partial charge on any atom is 0.408 e. The summed E-state index contributed by atoms with van der Waals surface area (Å²) in [6.07, 6.45) is -0.221. The number of benzene rings is 1. The molecule has 1 aliphatic heterocycles. The molecule has 7 nitrogen and oxygen atoms in total. The third kappa shape index (κ3) is 2.57. The molecule has 8 heteroatoms. The van der Waals surface area contributed by atoms with Crippen molar-refractivity contribution in [2.24, 2.45) is 11.3 Å². The van der Waals surface area contributed by atoms with E-state index in [1.54, 1.807) is 6.07 Å². The minimum atomic E-state index is -1.02. The van der Waals surface area contributed by atoms with Crippen molar-refractivity contribution >= 4 is 44.1 Å². The van der Waals surface area contributed by atoms with Crippen LogP contribution in [-0.2, 0) is 0 Å². The Kier molecular flexibility index (Phi) is 4.35. The number of amides is 1. The molecule has 3 atom stereocenters. The lowest BCUT2D eigenvalue weighted by Gasteiger charge is -2.42. The number of nitrogens with zero attached hydrogens (tertiary/aromatic N) is 2. The van der Waals surface area contributed by atoms with Crippen LogP contribution in [0, 0.1) is 11.3 Å². The van der Waals surface area contributed by atoms with Crippen molar-refractivity contribution in [2.75, 3.05) is 0 Å². The highest BCUT2D eigenvalue weighted by atomic mass is 79.9. The highest BCUT2D eigenvalue weighted by Crippen LogP contribution is 2.58. The molecule has 0 saturated carbocycles. The molecule has 2 aromatic heterocycles. The van der Waals surface area contributed by atoms with Gasteiger partial charge in [0.1, 0.15) is 16.9 Å². The predicted octanol–water partition coefficient (Wildman–Crippen LogP) is 5.30. The van der Waals surface area contributed by atoms with Gasteiger partial charge in [0, 0.05) is 15.4 Å². The first-order chi connectivity index (χ1) is 13.5. The van der Waals surface area contributed by atoms with Gasteiger partial charge in [-0.15, -0.1) is 0 Å². The lowest BCUT2D eigenvalue weighted by atomic mass is 9.66. The Morgan fingerprint density at radius 1 is 1.38 bits per heavy atom. The average molecular weight is 462 g/mol. The summed E-state index contributed by atoms with van der Waals surface area (Å²) in [5.74, 6) is 0.300. The Morgan fingerprint density at radius 2 is 2.07 bits per heavy atom. The zero-order chi connectivity index (χ0) is 21.3. The minimum Gasteiger partial charge on any atom is -0.465 e. The highest BCUT2D eigenvalue weighted by Gasteiger charge is 2.61. The summed E-state index contributed by atoms with van der Waals surface area (Å²) >= 11 is 3.44. The first-order valence-corrected chi connectivity index (χ1v) is 10.5. The second-order valence-corrected chi connectivity index (χ2v) is 9.50. The van der Waals surface area contributed by atoms with Gasteiger partial charge < -0.3 is 14.5 Å². The van der Waals surface area contributed by atoms with Crippen molar-refractivity contribution in [3.63, 3.8) is 0 Å². The number of aromatic nitrogens is 2. The topological polar surface area (TPSA) is 99.4 Å². The van der Waals surface area contributed by atoms with Gasteiger partial charge in [-0.2, -0.15) is 0 Å². The number of nitrogens with one attached hydrogen (secondary N) is 1. The monoisotopic (exact) mass is 461 g/mol. The predicted molar refractivity (Wildman–Crippen MR) is 114 cm³/mol. The highest BCUT2D eigenvalue weighted by molar-refractivity contribution is 9.10. The number of carboxylic acid groups (broad SMARTS) is 1. The van der Waals surface area contributed by atoms with Gasteiger partial charge in [-0.25, -0.2) is 9.78 Å². The maximum absolute atomic E-state index is 12.8. The van der Waals surface area contributed by atoms with Gasteiger partial charge in [0.15, 0.2) is 0 Å². The van der Waals surface area contributed by atoms with E-state index in [0.29, 0.717) is 22.3 Å². The van der Waals surface area contributed by atoms with E-state index in [1.165, 1.54) is 4.90 Å². The fourth-order valence-electron chi connectivity index (χ4n) is 5.01. The minimum absolute atomic E-state index is 0.0518.